The third-order valence-corrected chi connectivity index (χ3v) is 1.10. The van der Waals surface area contributed by atoms with Crippen LogP contribution >= 0.6 is 0 Å². The molecule has 0 radical (unpaired) electrons. The third kappa shape index (κ3) is 3.87. The highest BCUT2D eigenvalue weighted by Gasteiger charge is 2.25. The van der Waals surface area contributed by atoms with Crippen molar-refractivity contribution in [3.05, 3.63) is 0 Å². The average Bonchev–Trinajstić information content (AvgIpc) is 1.81. The molecule has 11 heavy (non-hydrogen) atoms. The molecule has 1 atom stereocenters. The monoisotopic (exact) mass is 168 g/mol. The zero-order chi connectivity index (χ0) is 9.02. The van der Waals surface area contributed by atoms with Gasteiger partial charge in [-0.3, -0.25) is 0 Å². The molecule has 0 aromatic rings. The molecule has 0 heterocycles. The molecular formula is C6H10F2O3. The molecule has 0 aliphatic carbocycles. The molecular weight excluding hydrogens is 158 g/mol. The lowest BCUT2D eigenvalue weighted by Gasteiger charge is -2.15. The molecule has 1 N–H and O–H groups in total. The van der Waals surface area contributed by atoms with Crippen LogP contribution in [0, 0.1) is 5.92 Å². The van der Waals surface area contributed by atoms with Gasteiger partial charge in [-0.1, -0.05) is 13.8 Å². The number of halogens is 2. The third-order valence-electron chi connectivity index (χ3n) is 1.10. The van der Waals surface area contributed by atoms with E-state index in [1.54, 1.807) is 0 Å². The van der Waals surface area contributed by atoms with Gasteiger partial charge in [0.25, 0.3) is 0 Å². The Morgan fingerprint density at radius 2 is 1.91 bits per heavy atom. The summed E-state index contributed by atoms with van der Waals surface area (Å²) >= 11 is 0. The van der Waals surface area contributed by atoms with Gasteiger partial charge in [-0.15, -0.1) is 0 Å². The van der Waals surface area contributed by atoms with Crippen LogP contribution in [-0.4, -0.2) is 23.8 Å². The second-order valence-electron chi connectivity index (χ2n) is 2.40. The van der Waals surface area contributed by atoms with Crippen LogP contribution in [0.2, 0.25) is 0 Å². The zero-order valence-corrected chi connectivity index (χ0v) is 6.25. The van der Waals surface area contributed by atoms with Gasteiger partial charge >= 0.3 is 12.6 Å². The van der Waals surface area contributed by atoms with E-state index < -0.39 is 24.6 Å². The van der Waals surface area contributed by atoms with Crippen LogP contribution in [0.25, 0.3) is 0 Å². The molecule has 0 rings (SSSR count). The van der Waals surface area contributed by atoms with E-state index in [9.17, 15) is 13.6 Å². The van der Waals surface area contributed by atoms with Crippen molar-refractivity contribution in [3.8, 4) is 0 Å². The van der Waals surface area contributed by atoms with E-state index >= 15 is 0 Å². The largest absolute Gasteiger partial charge is 0.479 e. The number of ether oxygens (including phenoxy) is 1. The first-order chi connectivity index (χ1) is 4.95. The number of carboxylic acid groups (broad SMARTS) is 1. The van der Waals surface area contributed by atoms with Gasteiger partial charge in [0.15, 0.2) is 6.10 Å². The number of carbonyl (C=O) groups is 1. The van der Waals surface area contributed by atoms with E-state index in [1.165, 1.54) is 13.8 Å². The van der Waals surface area contributed by atoms with Crippen LogP contribution < -0.4 is 0 Å². The topological polar surface area (TPSA) is 46.5 Å². The van der Waals surface area contributed by atoms with E-state index in [4.69, 9.17) is 5.11 Å². The van der Waals surface area contributed by atoms with Crippen molar-refractivity contribution in [3.63, 3.8) is 0 Å². The number of hydrogen-bond acceptors (Lipinski definition) is 2. The van der Waals surface area contributed by atoms with Crippen molar-refractivity contribution in [2.24, 2.45) is 5.92 Å². The molecule has 0 aliphatic heterocycles. The number of alkyl halides is 2. The lowest BCUT2D eigenvalue weighted by molar-refractivity contribution is -0.194. The minimum absolute atomic E-state index is 0.457. The second-order valence-corrected chi connectivity index (χ2v) is 2.40. The summed E-state index contributed by atoms with van der Waals surface area (Å²) < 4.78 is 26.9. The highest BCUT2D eigenvalue weighted by atomic mass is 19.3. The number of carboxylic acids is 1. The van der Waals surface area contributed by atoms with Crippen molar-refractivity contribution in [1.29, 1.82) is 0 Å². The van der Waals surface area contributed by atoms with Crippen LogP contribution in [0.3, 0.4) is 0 Å². The molecule has 0 aliphatic rings. The van der Waals surface area contributed by atoms with Crippen LogP contribution in [0.15, 0.2) is 0 Å². The fourth-order valence-electron chi connectivity index (χ4n) is 0.611. The number of rotatable bonds is 4. The molecule has 0 saturated heterocycles. The lowest BCUT2D eigenvalue weighted by atomic mass is 10.1. The van der Waals surface area contributed by atoms with Gasteiger partial charge in [-0.05, 0) is 5.92 Å². The Balaban J connectivity index is 4.01. The van der Waals surface area contributed by atoms with Crippen LogP contribution in [0.1, 0.15) is 13.8 Å². The molecule has 1 unspecified atom stereocenters. The molecule has 66 valence electrons. The first-order valence-electron chi connectivity index (χ1n) is 3.11. The summed E-state index contributed by atoms with van der Waals surface area (Å²) in [6, 6.07) is 0. The maximum absolute atomic E-state index is 11.5. The summed E-state index contributed by atoms with van der Waals surface area (Å²) in [5, 5.41) is 8.33. The predicted octanol–water partition coefficient (Wildman–Crippen LogP) is 1.33. The highest BCUT2D eigenvalue weighted by Crippen LogP contribution is 2.10. The summed E-state index contributed by atoms with van der Waals surface area (Å²) in [6.07, 6.45) is -1.42. The fraction of sp³-hybridized carbons (Fsp3) is 0.833. The SMILES string of the molecule is CC(C)C(OC(F)F)C(=O)O. The minimum atomic E-state index is -3.03. The van der Waals surface area contributed by atoms with Gasteiger partial charge in [0.05, 0.1) is 0 Å². The minimum Gasteiger partial charge on any atom is -0.479 e. The summed E-state index contributed by atoms with van der Waals surface area (Å²) in [6.45, 7) is -0.0269. The van der Waals surface area contributed by atoms with E-state index in [-0.39, 0.29) is 0 Å². The lowest BCUT2D eigenvalue weighted by Crippen LogP contribution is -2.31. The van der Waals surface area contributed by atoms with Gasteiger partial charge in [-0.25, -0.2) is 4.79 Å². The van der Waals surface area contributed by atoms with Crippen molar-refractivity contribution >= 4 is 5.97 Å². The zero-order valence-electron chi connectivity index (χ0n) is 6.25. The van der Waals surface area contributed by atoms with Crippen LogP contribution in [-0.2, 0) is 9.53 Å². The second kappa shape index (κ2) is 4.23. The Kier molecular flexibility index (Phi) is 3.95. The summed E-state index contributed by atoms with van der Waals surface area (Å²) in [7, 11) is 0. The molecule has 0 spiro atoms. The van der Waals surface area contributed by atoms with E-state index in [1.807, 2.05) is 0 Å². The highest BCUT2D eigenvalue weighted by molar-refractivity contribution is 5.72. The maximum atomic E-state index is 11.5. The molecule has 0 amide bonds. The van der Waals surface area contributed by atoms with E-state index in [0.29, 0.717) is 0 Å². The summed E-state index contributed by atoms with van der Waals surface area (Å²) in [5.74, 6) is -1.82. The Morgan fingerprint density at radius 3 is 2.00 bits per heavy atom. The van der Waals surface area contributed by atoms with Gasteiger partial charge < -0.3 is 9.84 Å². The average molecular weight is 168 g/mol. The Hall–Kier alpha value is -0.710. The van der Waals surface area contributed by atoms with Crippen molar-refractivity contribution in [2.45, 2.75) is 26.6 Å². The number of hydrogen-bond donors (Lipinski definition) is 1. The van der Waals surface area contributed by atoms with Gasteiger partial charge in [0.1, 0.15) is 0 Å². The Morgan fingerprint density at radius 1 is 1.45 bits per heavy atom. The van der Waals surface area contributed by atoms with Crippen LogP contribution in [0.5, 0.6) is 0 Å². The smallest absolute Gasteiger partial charge is 0.346 e. The molecule has 0 fully saturated rings. The molecule has 0 bridgehead atoms. The van der Waals surface area contributed by atoms with Crippen molar-refractivity contribution < 1.29 is 23.4 Å². The predicted molar refractivity (Wildman–Crippen MR) is 33.4 cm³/mol. The molecule has 0 aromatic heterocycles. The maximum Gasteiger partial charge on any atom is 0.346 e. The summed E-state index contributed by atoms with van der Waals surface area (Å²) in [4.78, 5) is 10.2. The van der Waals surface area contributed by atoms with E-state index in [2.05, 4.69) is 4.74 Å². The fourth-order valence-corrected chi connectivity index (χ4v) is 0.611. The van der Waals surface area contributed by atoms with Gasteiger partial charge in [0.2, 0.25) is 0 Å². The van der Waals surface area contributed by atoms with Crippen LogP contribution in [0.4, 0.5) is 8.78 Å². The molecule has 0 aromatic carbocycles. The van der Waals surface area contributed by atoms with Gasteiger partial charge in [-0.2, -0.15) is 8.78 Å². The van der Waals surface area contributed by atoms with Crippen molar-refractivity contribution in [2.75, 3.05) is 0 Å². The van der Waals surface area contributed by atoms with Crippen molar-refractivity contribution in [1.82, 2.24) is 0 Å². The first kappa shape index (κ1) is 10.3. The van der Waals surface area contributed by atoms with E-state index in [0.717, 1.165) is 0 Å². The Labute approximate surface area is 63.0 Å². The first-order valence-corrected chi connectivity index (χ1v) is 3.11. The van der Waals surface area contributed by atoms with Gasteiger partial charge in [0, 0.05) is 0 Å². The Bertz CT molecular complexity index is 136. The molecule has 5 heteroatoms. The molecule has 0 saturated carbocycles. The molecule has 3 nitrogen and oxygen atoms in total. The normalized spacial score (nSPS) is 14.0. The standard InChI is InChI=1S/C6H10F2O3/c1-3(2)4(5(9)10)11-6(7)8/h3-4,6H,1-2H3,(H,9,10). The number of aliphatic carboxylic acids is 1. The quantitative estimate of drug-likeness (QED) is 0.688. The summed E-state index contributed by atoms with van der Waals surface area (Å²) in [5.41, 5.74) is 0.